The minimum absolute atomic E-state index is 0.175. The Morgan fingerprint density at radius 1 is 1.11 bits per heavy atom. The zero-order valence-corrected chi connectivity index (χ0v) is 10.4. The molecular weight excluding hydrogens is 236 g/mol. The SMILES string of the molecule is O=C(O)CCC(=O)NC(=O)NCCC1CCCC1. The topological polar surface area (TPSA) is 95.5 Å². The molecule has 0 radical (unpaired) electrons. The Bertz CT molecular complexity index is 311. The van der Waals surface area contributed by atoms with Gasteiger partial charge in [0.15, 0.2) is 0 Å². The fourth-order valence-electron chi connectivity index (χ4n) is 2.14. The summed E-state index contributed by atoms with van der Waals surface area (Å²) < 4.78 is 0. The van der Waals surface area contributed by atoms with Gasteiger partial charge in [-0.2, -0.15) is 0 Å². The molecule has 0 aromatic rings. The highest BCUT2D eigenvalue weighted by molar-refractivity contribution is 5.95. The molecule has 1 saturated carbocycles. The summed E-state index contributed by atoms with van der Waals surface area (Å²) in [5, 5.41) is 13.1. The average Bonchev–Trinajstić information content (AvgIpc) is 2.79. The van der Waals surface area contributed by atoms with Gasteiger partial charge in [0.2, 0.25) is 5.91 Å². The summed E-state index contributed by atoms with van der Waals surface area (Å²) in [6, 6.07) is -0.539. The van der Waals surface area contributed by atoms with Crippen LogP contribution >= 0.6 is 0 Å². The van der Waals surface area contributed by atoms with E-state index in [-0.39, 0.29) is 12.8 Å². The summed E-state index contributed by atoms with van der Waals surface area (Å²) in [5.41, 5.74) is 0. The van der Waals surface area contributed by atoms with E-state index in [1.54, 1.807) is 0 Å². The molecule has 3 N–H and O–H groups in total. The summed E-state index contributed by atoms with van der Waals surface area (Å²) in [4.78, 5) is 32.7. The first kappa shape index (κ1) is 14.5. The van der Waals surface area contributed by atoms with Crippen LogP contribution in [-0.2, 0) is 9.59 Å². The number of hydrogen-bond acceptors (Lipinski definition) is 3. The van der Waals surface area contributed by atoms with Gasteiger partial charge in [0.25, 0.3) is 0 Å². The van der Waals surface area contributed by atoms with Crippen LogP contribution in [0.4, 0.5) is 4.79 Å². The van der Waals surface area contributed by atoms with Crippen LogP contribution in [0.25, 0.3) is 0 Å². The van der Waals surface area contributed by atoms with Crippen molar-refractivity contribution in [3.05, 3.63) is 0 Å². The van der Waals surface area contributed by atoms with E-state index in [2.05, 4.69) is 10.6 Å². The monoisotopic (exact) mass is 256 g/mol. The Morgan fingerprint density at radius 2 is 1.78 bits per heavy atom. The highest BCUT2D eigenvalue weighted by Crippen LogP contribution is 2.26. The standard InChI is InChI=1S/C12H20N2O4/c15-10(5-6-11(16)17)14-12(18)13-8-7-9-3-1-2-4-9/h9H,1-8H2,(H,16,17)(H2,13,14,15,18). The molecule has 102 valence electrons. The molecule has 6 nitrogen and oxygen atoms in total. The lowest BCUT2D eigenvalue weighted by Crippen LogP contribution is -2.40. The van der Waals surface area contributed by atoms with Crippen LogP contribution in [0.1, 0.15) is 44.9 Å². The van der Waals surface area contributed by atoms with Crippen LogP contribution in [0.5, 0.6) is 0 Å². The Hall–Kier alpha value is -1.59. The van der Waals surface area contributed by atoms with Crippen molar-refractivity contribution >= 4 is 17.9 Å². The Morgan fingerprint density at radius 3 is 2.39 bits per heavy atom. The van der Waals surface area contributed by atoms with Crippen LogP contribution in [0.2, 0.25) is 0 Å². The molecule has 0 atom stereocenters. The minimum atomic E-state index is -1.05. The number of carboxylic acid groups (broad SMARTS) is 1. The molecule has 3 amide bonds. The third-order valence-electron chi connectivity index (χ3n) is 3.13. The van der Waals surface area contributed by atoms with Crippen molar-refractivity contribution in [2.75, 3.05) is 6.54 Å². The molecule has 0 aromatic heterocycles. The van der Waals surface area contributed by atoms with Crippen LogP contribution < -0.4 is 10.6 Å². The summed E-state index contributed by atoms with van der Waals surface area (Å²) >= 11 is 0. The van der Waals surface area contributed by atoms with Gasteiger partial charge in [-0.25, -0.2) is 4.79 Å². The first-order chi connectivity index (χ1) is 8.58. The van der Waals surface area contributed by atoms with Crippen LogP contribution in [0.3, 0.4) is 0 Å². The minimum Gasteiger partial charge on any atom is -0.481 e. The van der Waals surface area contributed by atoms with Crippen molar-refractivity contribution in [1.82, 2.24) is 10.6 Å². The molecule has 0 saturated heterocycles. The lowest BCUT2D eigenvalue weighted by Gasteiger charge is -2.10. The van der Waals surface area contributed by atoms with Gasteiger partial charge in [-0.05, 0) is 12.3 Å². The van der Waals surface area contributed by atoms with Gasteiger partial charge in [-0.15, -0.1) is 0 Å². The van der Waals surface area contributed by atoms with Gasteiger partial charge in [-0.3, -0.25) is 14.9 Å². The maximum Gasteiger partial charge on any atom is 0.321 e. The molecule has 6 heteroatoms. The maximum atomic E-state index is 11.3. The summed E-state index contributed by atoms with van der Waals surface area (Å²) in [6.45, 7) is 0.558. The van der Waals surface area contributed by atoms with Crippen LogP contribution in [0.15, 0.2) is 0 Å². The van der Waals surface area contributed by atoms with Crippen molar-refractivity contribution in [3.63, 3.8) is 0 Å². The smallest absolute Gasteiger partial charge is 0.321 e. The molecular formula is C12H20N2O4. The molecule has 1 aliphatic carbocycles. The van der Waals surface area contributed by atoms with Gasteiger partial charge >= 0.3 is 12.0 Å². The zero-order valence-electron chi connectivity index (χ0n) is 10.4. The number of carboxylic acids is 1. The van der Waals surface area contributed by atoms with E-state index in [4.69, 9.17) is 5.11 Å². The second-order valence-corrected chi connectivity index (χ2v) is 4.64. The molecule has 1 aliphatic rings. The third kappa shape index (κ3) is 6.22. The van der Waals surface area contributed by atoms with E-state index < -0.39 is 17.9 Å². The van der Waals surface area contributed by atoms with Crippen LogP contribution in [-0.4, -0.2) is 29.6 Å². The molecule has 0 spiro atoms. The van der Waals surface area contributed by atoms with Crippen molar-refractivity contribution < 1.29 is 19.5 Å². The summed E-state index contributed by atoms with van der Waals surface area (Å²) in [5.74, 6) is -0.921. The Kier molecular flexibility index (Phi) is 6.18. The normalized spacial score (nSPS) is 15.3. The maximum absolute atomic E-state index is 11.3. The molecule has 0 aliphatic heterocycles. The first-order valence-electron chi connectivity index (χ1n) is 6.37. The van der Waals surface area contributed by atoms with E-state index in [1.165, 1.54) is 25.7 Å². The largest absolute Gasteiger partial charge is 0.481 e. The number of hydrogen-bond donors (Lipinski definition) is 3. The van der Waals surface area contributed by atoms with Gasteiger partial charge in [0.05, 0.1) is 6.42 Å². The number of carbonyl (C=O) groups excluding carboxylic acids is 2. The van der Waals surface area contributed by atoms with E-state index in [1.807, 2.05) is 0 Å². The van der Waals surface area contributed by atoms with Crippen molar-refractivity contribution in [3.8, 4) is 0 Å². The fraction of sp³-hybridized carbons (Fsp3) is 0.750. The van der Waals surface area contributed by atoms with Gasteiger partial charge in [-0.1, -0.05) is 25.7 Å². The number of carbonyl (C=O) groups is 3. The Labute approximate surface area is 106 Å². The van der Waals surface area contributed by atoms with E-state index in [0.29, 0.717) is 12.5 Å². The predicted molar refractivity (Wildman–Crippen MR) is 65.0 cm³/mol. The number of amides is 3. The van der Waals surface area contributed by atoms with Crippen molar-refractivity contribution in [2.45, 2.75) is 44.9 Å². The number of aliphatic carboxylic acids is 1. The number of nitrogens with one attached hydrogen (secondary N) is 2. The fourth-order valence-corrected chi connectivity index (χ4v) is 2.14. The van der Waals surface area contributed by atoms with Gasteiger partial charge in [0, 0.05) is 13.0 Å². The zero-order chi connectivity index (χ0) is 13.4. The number of urea groups is 1. The number of imide groups is 1. The van der Waals surface area contributed by atoms with E-state index in [9.17, 15) is 14.4 Å². The first-order valence-corrected chi connectivity index (χ1v) is 6.37. The summed E-state index contributed by atoms with van der Waals surface area (Å²) in [6.07, 6.45) is 5.49. The quantitative estimate of drug-likeness (QED) is 0.666. The molecule has 0 bridgehead atoms. The second-order valence-electron chi connectivity index (χ2n) is 4.64. The molecule has 0 heterocycles. The van der Waals surface area contributed by atoms with Crippen LogP contribution in [0, 0.1) is 5.92 Å². The molecule has 0 aromatic carbocycles. The number of rotatable bonds is 6. The average molecular weight is 256 g/mol. The Balaban J connectivity index is 2.05. The van der Waals surface area contributed by atoms with Gasteiger partial charge in [0.1, 0.15) is 0 Å². The highest BCUT2D eigenvalue weighted by Gasteiger charge is 2.15. The second kappa shape index (κ2) is 7.68. The van der Waals surface area contributed by atoms with E-state index >= 15 is 0 Å². The molecule has 1 rings (SSSR count). The van der Waals surface area contributed by atoms with Gasteiger partial charge < -0.3 is 10.4 Å². The van der Waals surface area contributed by atoms with Crippen molar-refractivity contribution in [2.24, 2.45) is 5.92 Å². The molecule has 1 fully saturated rings. The lowest BCUT2D eigenvalue weighted by molar-refractivity contribution is -0.138. The lowest BCUT2D eigenvalue weighted by atomic mass is 10.0. The highest BCUT2D eigenvalue weighted by atomic mass is 16.4. The van der Waals surface area contributed by atoms with Crippen molar-refractivity contribution in [1.29, 1.82) is 0 Å². The predicted octanol–water partition coefficient (Wildman–Crippen LogP) is 1.26. The van der Waals surface area contributed by atoms with E-state index in [0.717, 1.165) is 6.42 Å². The molecule has 0 unspecified atom stereocenters. The third-order valence-corrected chi connectivity index (χ3v) is 3.13. The summed E-state index contributed by atoms with van der Waals surface area (Å²) in [7, 11) is 0. The molecule has 18 heavy (non-hydrogen) atoms.